The Morgan fingerprint density at radius 1 is 1.30 bits per heavy atom. The maximum absolute atomic E-state index is 8.94. The smallest absolute Gasteiger partial charge is 0.192 e. The molecule has 1 heterocycles. The minimum Gasteiger partial charge on any atom is -0.487 e. The number of ether oxygens (including phenoxy) is 1. The Balaban J connectivity index is 2.49. The molecule has 0 aliphatic rings. The van der Waals surface area contributed by atoms with E-state index in [9.17, 15) is 0 Å². The van der Waals surface area contributed by atoms with Gasteiger partial charge in [0, 0.05) is 0 Å². The lowest BCUT2D eigenvalue weighted by Gasteiger charge is -2.36. The number of hydrogen-bond acceptors (Lipinski definition) is 4. The van der Waals surface area contributed by atoms with Gasteiger partial charge in [-0.25, -0.2) is 0 Å². The lowest BCUT2D eigenvalue weighted by Crippen LogP contribution is -2.43. The molecular weight excluding hydrogens is 270 g/mol. The number of aliphatic hydroxyl groups excluding tert-OH is 1. The molecule has 0 spiro atoms. The van der Waals surface area contributed by atoms with Gasteiger partial charge in [-0.15, -0.1) is 0 Å². The maximum Gasteiger partial charge on any atom is 0.192 e. The predicted octanol–water partition coefficient (Wildman–Crippen LogP) is 3.36. The maximum atomic E-state index is 8.94. The summed E-state index contributed by atoms with van der Waals surface area (Å²) in [4.78, 5) is 4.09. The van der Waals surface area contributed by atoms with Crippen molar-refractivity contribution < 1.29 is 14.3 Å². The standard InChI is InChI=1S/C15H27NO3Si/c1-12(11-18-20(5,6)15(2,3)4)19-14-8-7-13(10-17)16-9-14/h7-9,12,17H,10-11H2,1-6H3. The number of aromatic nitrogens is 1. The van der Waals surface area contributed by atoms with Crippen LogP contribution < -0.4 is 4.74 Å². The molecule has 1 aromatic heterocycles. The summed E-state index contributed by atoms with van der Waals surface area (Å²) in [6.07, 6.45) is 1.61. The van der Waals surface area contributed by atoms with Gasteiger partial charge in [0.2, 0.25) is 0 Å². The molecule has 0 aliphatic carbocycles. The van der Waals surface area contributed by atoms with E-state index in [1.54, 1.807) is 12.3 Å². The van der Waals surface area contributed by atoms with Gasteiger partial charge in [-0.1, -0.05) is 20.8 Å². The van der Waals surface area contributed by atoms with Crippen LogP contribution in [0.15, 0.2) is 18.3 Å². The van der Waals surface area contributed by atoms with E-state index >= 15 is 0 Å². The van der Waals surface area contributed by atoms with Crippen LogP contribution in [0, 0.1) is 0 Å². The molecule has 1 atom stereocenters. The summed E-state index contributed by atoms with van der Waals surface area (Å²) in [5.41, 5.74) is 0.641. The zero-order valence-corrected chi connectivity index (χ0v) is 14.4. The van der Waals surface area contributed by atoms with E-state index < -0.39 is 8.32 Å². The van der Waals surface area contributed by atoms with Crippen molar-refractivity contribution in [2.45, 2.75) is 58.5 Å². The van der Waals surface area contributed by atoms with Crippen LogP contribution in [0.5, 0.6) is 5.75 Å². The fourth-order valence-corrected chi connectivity index (χ4v) is 2.47. The largest absolute Gasteiger partial charge is 0.487 e. The van der Waals surface area contributed by atoms with Gasteiger partial charge in [0.25, 0.3) is 0 Å². The summed E-state index contributed by atoms with van der Waals surface area (Å²) in [5, 5.41) is 9.15. The van der Waals surface area contributed by atoms with Crippen LogP contribution in [-0.4, -0.2) is 31.1 Å². The molecular formula is C15H27NO3Si. The van der Waals surface area contributed by atoms with E-state index in [0.29, 0.717) is 18.1 Å². The van der Waals surface area contributed by atoms with Crippen LogP contribution >= 0.6 is 0 Å². The summed E-state index contributed by atoms with van der Waals surface area (Å²) < 4.78 is 11.9. The molecule has 0 radical (unpaired) electrons. The highest BCUT2D eigenvalue weighted by molar-refractivity contribution is 6.74. The van der Waals surface area contributed by atoms with Gasteiger partial charge in [-0.3, -0.25) is 4.98 Å². The average Bonchev–Trinajstić information content (AvgIpc) is 2.36. The number of rotatable bonds is 6. The summed E-state index contributed by atoms with van der Waals surface area (Å²) in [6, 6.07) is 3.58. The molecule has 1 unspecified atom stereocenters. The number of nitrogens with zero attached hydrogens (tertiary/aromatic N) is 1. The van der Waals surface area contributed by atoms with E-state index in [4.69, 9.17) is 14.3 Å². The first-order valence-corrected chi connectivity index (χ1v) is 9.93. The monoisotopic (exact) mass is 297 g/mol. The van der Waals surface area contributed by atoms with Gasteiger partial charge >= 0.3 is 0 Å². The minimum atomic E-state index is -1.73. The van der Waals surface area contributed by atoms with E-state index in [1.165, 1.54) is 0 Å². The van der Waals surface area contributed by atoms with Gasteiger partial charge in [0.1, 0.15) is 11.9 Å². The summed E-state index contributed by atoms with van der Waals surface area (Å²) in [5.74, 6) is 0.702. The summed E-state index contributed by atoms with van der Waals surface area (Å²) >= 11 is 0. The first-order chi connectivity index (χ1) is 9.15. The number of aliphatic hydroxyl groups is 1. The normalized spacial score (nSPS) is 14.2. The topological polar surface area (TPSA) is 51.6 Å². The third kappa shape index (κ3) is 4.88. The molecule has 0 aromatic carbocycles. The van der Waals surface area contributed by atoms with Crippen molar-refractivity contribution in [1.29, 1.82) is 0 Å². The molecule has 0 saturated carbocycles. The Kier molecular flexibility index (Phi) is 5.74. The van der Waals surface area contributed by atoms with Crippen LogP contribution in [-0.2, 0) is 11.0 Å². The molecule has 20 heavy (non-hydrogen) atoms. The number of hydrogen-bond donors (Lipinski definition) is 1. The fourth-order valence-electron chi connectivity index (χ4n) is 1.38. The van der Waals surface area contributed by atoms with Gasteiger partial charge in [0.15, 0.2) is 8.32 Å². The highest BCUT2D eigenvalue weighted by atomic mass is 28.4. The molecule has 0 bridgehead atoms. The number of pyridine rings is 1. The molecule has 1 aromatic rings. The Hall–Kier alpha value is -0.913. The zero-order valence-electron chi connectivity index (χ0n) is 13.4. The quantitative estimate of drug-likeness (QED) is 0.818. The van der Waals surface area contributed by atoms with Gasteiger partial charge < -0.3 is 14.3 Å². The third-order valence-corrected chi connectivity index (χ3v) is 8.28. The SMILES string of the molecule is CC(CO[Si](C)(C)C(C)(C)C)Oc1ccc(CO)nc1. The second-order valence-electron chi connectivity index (χ2n) is 6.64. The van der Waals surface area contributed by atoms with Crippen molar-refractivity contribution >= 4 is 8.32 Å². The molecule has 1 N–H and O–H groups in total. The first kappa shape index (κ1) is 17.1. The van der Waals surface area contributed by atoms with Crippen molar-refractivity contribution in [2.24, 2.45) is 0 Å². The molecule has 1 rings (SSSR count). The fraction of sp³-hybridized carbons (Fsp3) is 0.667. The molecule has 0 aliphatic heterocycles. The van der Waals surface area contributed by atoms with E-state index in [2.05, 4.69) is 38.8 Å². The molecule has 0 amide bonds. The second-order valence-corrected chi connectivity index (χ2v) is 11.5. The lowest BCUT2D eigenvalue weighted by atomic mass is 10.2. The molecule has 5 heteroatoms. The lowest BCUT2D eigenvalue weighted by molar-refractivity contribution is 0.133. The zero-order chi connectivity index (χ0) is 15.4. The Bertz CT molecular complexity index is 412. The van der Waals surface area contributed by atoms with Gasteiger partial charge in [0.05, 0.1) is 25.1 Å². The van der Waals surface area contributed by atoms with Crippen LogP contribution in [0.1, 0.15) is 33.4 Å². The Morgan fingerprint density at radius 3 is 2.40 bits per heavy atom. The van der Waals surface area contributed by atoms with Crippen LogP contribution in [0.25, 0.3) is 0 Å². The summed E-state index contributed by atoms with van der Waals surface area (Å²) in [6.45, 7) is 13.7. The van der Waals surface area contributed by atoms with Gasteiger partial charge in [-0.05, 0) is 37.2 Å². The van der Waals surface area contributed by atoms with Crippen molar-refractivity contribution in [1.82, 2.24) is 4.98 Å². The molecule has 4 nitrogen and oxygen atoms in total. The van der Waals surface area contributed by atoms with E-state index in [-0.39, 0.29) is 17.7 Å². The molecule has 0 saturated heterocycles. The Labute approximate surface area is 123 Å². The third-order valence-electron chi connectivity index (χ3n) is 3.78. The highest BCUT2D eigenvalue weighted by Gasteiger charge is 2.37. The van der Waals surface area contributed by atoms with Crippen LogP contribution in [0.3, 0.4) is 0 Å². The Morgan fingerprint density at radius 2 is 1.95 bits per heavy atom. The predicted molar refractivity (Wildman–Crippen MR) is 83.4 cm³/mol. The van der Waals surface area contributed by atoms with E-state index in [0.717, 1.165) is 0 Å². The summed E-state index contributed by atoms with van der Waals surface area (Å²) in [7, 11) is -1.73. The van der Waals surface area contributed by atoms with Crippen molar-refractivity contribution in [3.63, 3.8) is 0 Å². The second kappa shape index (κ2) is 6.69. The molecule has 114 valence electrons. The van der Waals surface area contributed by atoms with Crippen molar-refractivity contribution in [3.8, 4) is 5.75 Å². The van der Waals surface area contributed by atoms with E-state index in [1.807, 2.05) is 13.0 Å². The average molecular weight is 297 g/mol. The minimum absolute atomic E-state index is 0.0223. The molecule has 0 fully saturated rings. The van der Waals surface area contributed by atoms with Gasteiger partial charge in [-0.2, -0.15) is 0 Å². The van der Waals surface area contributed by atoms with Crippen LogP contribution in [0.2, 0.25) is 18.1 Å². The van der Waals surface area contributed by atoms with Crippen molar-refractivity contribution in [3.05, 3.63) is 24.0 Å². The van der Waals surface area contributed by atoms with Crippen LogP contribution in [0.4, 0.5) is 0 Å². The first-order valence-electron chi connectivity index (χ1n) is 7.02. The highest BCUT2D eigenvalue weighted by Crippen LogP contribution is 2.36. The van der Waals surface area contributed by atoms with Crippen molar-refractivity contribution in [2.75, 3.05) is 6.61 Å².